The van der Waals surface area contributed by atoms with Gasteiger partial charge in [-0.05, 0) is 44.9 Å². The smallest absolute Gasteiger partial charge is 0.318 e. The Morgan fingerprint density at radius 2 is 1.89 bits per heavy atom. The summed E-state index contributed by atoms with van der Waals surface area (Å²) in [6.07, 6.45) is 4.04. The first-order valence-electron chi connectivity index (χ1n) is 6.64. The number of amides is 1. The summed E-state index contributed by atoms with van der Waals surface area (Å²) in [7, 11) is 0. The second-order valence-corrected chi connectivity index (χ2v) is 5.64. The van der Waals surface area contributed by atoms with Gasteiger partial charge in [-0.1, -0.05) is 0 Å². The molecule has 0 aromatic carbocycles. The van der Waals surface area contributed by atoms with Crippen LogP contribution in [0.2, 0.25) is 0 Å². The van der Waals surface area contributed by atoms with Crippen LogP contribution in [0.5, 0.6) is 0 Å². The number of rotatable bonds is 5. The Hall–Kier alpha value is -1.10. The molecule has 1 atom stereocenters. The molecule has 102 valence electrons. The summed E-state index contributed by atoms with van der Waals surface area (Å²) in [5.41, 5.74) is -1.30. The molecule has 0 aromatic heterocycles. The van der Waals surface area contributed by atoms with Gasteiger partial charge in [0.1, 0.15) is 5.41 Å². The van der Waals surface area contributed by atoms with Crippen LogP contribution in [-0.2, 0) is 14.3 Å². The first-order chi connectivity index (χ1) is 8.52. The monoisotopic (exact) mass is 255 g/mol. The molecular formula is C13H21NO4. The zero-order chi connectivity index (χ0) is 13.2. The number of carbonyl (C=O) groups is 2. The number of hydrogen-bond donors (Lipinski definition) is 2. The molecule has 1 aliphatic carbocycles. The molecule has 0 spiro atoms. The van der Waals surface area contributed by atoms with Crippen LogP contribution < -0.4 is 5.32 Å². The van der Waals surface area contributed by atoms with Crippen LogP contribution in [0, 0.1) is 11.3 Å². The molecule has 0 bridgehead atoms. The first kappa shape index (κ1) is 13.3. The Labute approximate surface area is 107 Å². The number of hydrogen-bond acceptors (Lipinski definition) is 3. The minimum atomic E-state index is -1.30. The quantitative estimate of drug-likeness (QED) is 0.723. The summed E-state index contributed by atoms with van der Waals surface area (Å²) >= 11 is 0. The van der Waals surface area contributed by atoms with Crippen molar-refractivity contribution in [2.75, 3.05) is 13.2 Å². The predicted octanol–water partition coefficient (Wildman–Crippen LogP) is 1.17. The van der Waals surface area contributed by atoms with Gasteiger partial charge in [0.15, 0.2) is 0 Å². The maximum absolute atomic E-state index is 12.1. The van der Waals surface area contributed by atoms with Crippen LogP contribution in [0.4, 0.5) is 0 Å². The third kappa shape index (κ3) is 3.02. The summed E-state index contributed by atoms with van der Waals surface area (Å²) in [6, 6.07) is 0.200. The van der Waals surface area contributed by atoms with E-state index in [1.807, 2.05) is 0 Å². The van der Waals surface area contributed by atoms with E-state index in [-0.39, 0.29) is 17.9 Å². The molecule has 5 nitrogen and oxygen atoms in total. The molecular weight excluding hydrogens is 234 g/mol. The van der Waals surface area contributed by atoms with Crippen molar-refractivity contribution in [3.63, 3.8) is 0 Å². The van der Waals surface area contributed by atoms with Gasteiger partial charge in [0.2, 0.25) is 5.91 Å². The Kier molecular flexibility index (Phi) is 3.90. The lowest BCUT2D eigenvalue weighted by atomic mass is 9.77. The molecule has 2 fully saturated rings. The van der Waals surface area contributed by atoms with Gasteiger partial charge >= 0.3 is 5.97 Å². The van der Waals surface area contributed by atoms with E-state index in [0.717, 1.165) is 25.7 Å². The van der Waals surface area contributed by atoms with Crippen LogP contribution in [0.1, 0.15) is 39.0 Å². The zero-order valence-corrected chi connectivity index (χ0v) is 10.8. The van der Waals surface area contributed by atoms with Crippen molar-refractivity contribution in [2.24, 2.45) is 11.3 Å². The highest BCUT2D eigenvalue weighted by molar-refractivity contribution is 6.01. The van der Waals surface area contributed by atoms with Gasteiger partial charge in [-0.25, -0.2) is 0 Å². The molecule has 1 saturated heterocycles. The van der Waals surface area contributed by atoms with Crippen molar-refractivity contribution in [3.05, 3.63) is 0 Å². The fourth-order valence-corrected chi connectivity index (χ4v) is 2.38. The molecule has 1 heterocycles. The predicted molar refractivity (Wildman–Crippen MR) is 65.1 cm³/mol. The van der Waals surface area contributed by atoms with E-state index in [1.54, 1.807) is 6.92 Å². The maximum Gasteiger partial charge on any atom is 0.318 e. The van der Waals surface area contributed by atoms with Crippen molar-refractivity contribution in [2.45, 2.75) is 45.1 Å². The Morgan fingerprint density at radius 3 is 2.39 bits per heavy atom. The van der Waals surface area contributed by atoms with Gasteiger partial charge in [-0.3, -0.25) is 9.59 Å². The molecule has 1 unspecified atom stereocenters. The second kappa shape index (κ2) is 5.26. The molecule has 0 radical (unpaired) electrons. The number of nitrogens with one attached hydrogen (secondary N) is 1. The fraction of sp³-hybridized carbons (Fsp3) is 0.846. The summed E-state index contributed by atoms with van der Waals surface area (Å²) in [5, 5.41) is 12.2. The Balaban J connectivity index is 1.99. The molecule has 1 amide bonds. The van der Waals surface area contributed by atoms with E-state index in [0.29, 0.717) is 19.6 Å². The van der Waals surface area contributed by atoms with Crippen LogP contribution in [0.15, 0.2) is 0 Å². The van der Waals surface area contributed by atoms with E-state index >= 15 is 0 Å². The van der Waals surface area contributed by atoms with E-state index in [1.165, 1.54) is 0 Å². The Morgan fingerprint density at radius 1 is 1.28 bits per heavy atom. The van der Waals surface area contributed by atoms with Crippen molar-refractivity contribution in [1.29, 1.82) is 0 Å². The average molecular weight is 255 g/mol. The molecule has 1 aliphatic heterocycles. The van der Waals surface area contributed by atoms with Crippen LogP contribution in [-0.4, -0.2) is 36.2 Å². The van der Waals surface area contributed by atoms with Gasteiger partial charge in [0.05, 0.1) is 0 Å². The van der Waals surface area contributed by atoms with Gasteiger partial charge in [0.25, 0.3) is 0 Å². The van der Waals surface area contributed by atoms with Crippen molar-refractivity contribution in [3.8, 4) is 0 Å². The number of carboxylic acids is 1. The third-order valence-corrected chi connectivity index (χ3v) is 3.92. The number of carboxylic acid groups (broad SMARTS) is 1. The molecule has 2 rings (SSSR count). The summed E-state index contributed by atoms with van der Waals surface area (Å²) in [5.74, 6) is -1.08. The lowest BCUT2D eigenvalue weighted by Crippen LogP contribution is -2.46. The number of ether oxygens (including phenoxy) is 1. The molecule has 18 heavy (non-hydrogen) atoms. The van der Waals surface area contributed by atoms with Gasteiger partial charge in [-0.15, -0.1) is 0 Å². The second-order valence-electron chi connectivity index (χ2n) is 5.64. The maximum atomic E-state index is 12.1. The molecule has 1 saturated carbocycles. The lowest BCUT2D eigenvalue weighted by Gasteiger charge is -2.30. The van der Waals surface area contributed by atoms with Gasteiger partial charge < -0.3 is 15.2 Å². The summed E-state index contributed by atoms with van der Waals surface area (Å²) < 4.78 is 5.26. The van der Waals surface area contributed by atoms with Gasteiger partial charge in [-0.2, -0.15) is 0 Å². The van der Waals surface area contributed by atoms with E-state index in [2.05, 4.69) is 5.32 Å². The Bertz CT molecular complexity index is 334. The fourth-order valence-electron chi connectivity index (χ4n) is 2.38. The van der Waals surface area contributed by atoms with Gasteiger partial charge in [0, 0.05) is 19.3 Å². The topological polar surface area (TPSA) is 75.6 Å². The lowest BCUT2D eigenvalue weighted by molar-refractivity contribution is -0.156. The van der Waals surface area contributed by atoms with E-state index < -0.39 is 11.4 Å². The third-order valence-electron chi connectivity index (χ3n) is 3.92. The average Bonchev–Trinajstić information content (AvgIpc) is 3.13. The van der Waals surface area contributed by atoms with Crippen molar-refractivity contribution >= 4 is 11.9 Å². The zero-order valence-electron chi connectivity index (χ0n) is 10.8. The summed E-state index contributed by atoms with van der Waals surface area (Å²) in [4.78, 5) is 23.6. The molecule has 5 heteroatoms. The van der Waals surface area contributed by atoms with Crippen molar-refractivity contribution < 1.29 is 19.4 Å². The minimum Gasteiger partial charge on any atom is -0.480 e. The molecule has 2 aliphatic rings. The highest BCUT2D eigenvalue weighted by Gasteiger charge is 2.44. The van der Waals surface area contributed by atoms with Crippen LogP contribution in [0.3, 0.4) is 0 Å². The highest BCUT2D eigenvalue weighted by Crippen LogP contribution is 2.33. The highest BCUT2D eigenvalue weighted by atomic mass is 16.5. The first-order valence-corrected chi connectivity index (χ1v) is 6.64. The number of carbonyl (C=O) groups excluding carboxylic acids is 1. The standard InChI is InChI=1S/C13H21NO4/c1-13(12(16)17,11(15)14-10-2-3-10)8-9-4-6-18-7-5-9/h9-10H,2-8H2,1H3,(H,14,15)(H,16,17). The SMILES string of the molecule is CC(CC1CCOCC1)(C(=O)O)C(=O)NC1CC1. The van der Waals surface area contributed by atoms with E-state index in [4.69, 9.17) is 4.74 Å². The number of aliphatic carboxylic acids is 1. The van der Waals surface area contributed by atoms with Crippen molar-refractivity contribution in [1.82, 2.24) is 5.32 Å². The normalized spacial score (nSPS) is 24.3. The minimum absolute atomic E-state index is 0.200. The van der Waals surface area contributed by atoms with Crippen LogP contribution >= 0.6 is 0 Å². The largest absolute Gasteiger partial charge is 0.480 e. The van der Waals surface area contributed by atoms with Crippen LogP contribution in [0.25, 0.3) is 0 Å². The summed E-state index contributed by atoms with van der Waals surface area (Å²) in [6.45, 7) is 2.89. The molecule has 0 aromatic rings. The molecule has 2 N–H and O–H groups in total. The van der Waals surface area contributed by atoms with E-state index in [9.17, 15) is 14.7 Å².